The smallest absolute Gasteiger partial charge is 0.245 e. The Balaban J connectivity index is 1.42. The fraction of sp³-hybridized carbons (Fsp3) is 0.476. The van der Waals surface area contributed by atoms with Gasteiger partial charge in [-0.3, -0.25) is 14.3 Å². The molecule has 4 rings (SSSR count). The molecule has 1 saturated heterocycles. The molecule has 1 aromatic heterocycles. The van der Waals surface area contributed by atoms with E-state index in [1.807, 2.05) is 40.0 Å². The molecule has 1 fully saturated rings. The van der Waals surface area contributed by atoms with Gasteiger partial charge in [-0.2, -0.15) is 5.10 Å². The van der Waals surface area contributed by atoms with Crippen molar-refractivity contribution < 1.29 is 9.59 Å². The minimum atomic E-state index is -0.375. The monoisotopic (exact) mass is 366 g/mol. The minimum absolute atomic E-state index is 0.0311. The molecule has 0 bridgehead atoms. The van der Waals surface area contributed by atoms with Crippen LogP contribution in [0.4, 0.5) is 0 Å². The quantitative estimate of drug-likeness (QED) is 0.836. The Morgan fingerprint density at radius 2 is 1.85 bits per heavy atom. The van der Waals surface area contributed by atoms with E-state index in [0.717, 1.165) is 38.0 Å². The summed E-state index contributed by atoms with van der Waals surface area (Å²) >= 11 is 0. The van der Waals surface area contributed by atoms with Crippen LogP contribution in [0.15, 0.2) is 42.7 Å². The lowest BCUT2D eigenvalue weighted by molar-refractivity contribution is -0.147. The third kappa shape index (κ3) is 3.75. The molecule has 2 aliphatic heterocycles. The molecule has 2 aromatic rings. The Kier molecular flexibility index (Phi) is 4.97. The van der Waals surface area contributed by atoms with Gasteiger partial charge in [0, 0.05) is 51.9 Å². The summed E-state index contributed by atoms with van der Waals surface area (Å²) in [5, 5.41) is 4.28. The number of carbonyl (C=O) groups excluding carboxylic acids is 2. The number of likely N-dealkylation sites (tertiary alicyclic amines) is 1. The highest BCUT2D eigenvalue weighted by atomic mass is 16.2. The van der Waals surface area contributed by atoms with Gasteiger partial charge in [0.15, 0.2) is 0 Å². The SMILES string of the molecule is CC(=O)N1Cc2ccccc2CC1C(=O)N1CCC(Cn2cccn2)CC1. The van der Waals surface area contributed by atoms with Gasteiger partial charge >= 0.3 is 0 Å². The first-order valence-corrected chi connectivity index (χ1v) is 9.72. The number of hydrogen-bond acceptors (Lipinski definition) is 3. The number of carbonyl (C=O) groups is 2. The van der Waals surface area contributed by atoms with Crippen LogP contribution < -0.4 is 0 Å². The molecule has 142 valence electrons. The largest absolute Gasteiger partial charge is 0.341 e. The molecule has 0 radical (unpaired) electrons. The van der Waals surface area contributed by atoms with Crippen molar-refractivity contribution in [2.24, 2.45) is 5.92 Å². The van der Waals surface area contributed by atoms with Crippen molar-refractivity contribution in [1.82, 2.24) is 19.6 Å². The van der Waals surface area contributed by atoms with Crippen LogP contribution in [0.1, 0.15) is 30.9 Å². The number of fused-ring (bicyclic) bond motifs is 1. The average molecular weight is 366 g/mol. The molecule has 0 N–H and O–H groups in total. The second-order valence-electron chi connectivity index (χ2n) is 7.63. The van der Waals surface area contributed by atoms with Gasteiger partial charge in [0.05, 0.1) is 0 Å². The third-order valence-electron chi connectivity index (χ3n) is 5.87. The zero-order valence-corrected chi connectivity index (χ0v) is 15.8. The van der Waals surface area contributed by atoms with E-state index in [-0.39, 0.29) is 17.9 Å². The number of benzene rings is 1. The predicted molar refractivity (Wildman–Crippen MR) is 102 cm³/mol. The Hall–Kier alpha value is -2.63. The van der Waals surface area contributed by atoms with E-state index in [2.05, 4.69) is 11.2 Å². The number of hydrogen-bond donors (Lipinski definition) is 0. The van der Waals surface area contributed by atoms with Gasteiger partial charge in [-0.05, 0) is 36.0 Å². The van der Waals surface area contributed by atoms with Gasteiger partial charge in [0.1, 0.15) is 6.04 Å². The van der Waals surface area contributed by atoms with Crippen molar-refractivity contribution in [3.05, 3.63) is 53.9 Å². The fourth-order valence-electron chi connectivity index (χ4n) is 4.29. The standard InChI is InChI=1S/C21H26N4O2/c1-16(26)25-15-19-6-3-2-5-18(19)13-20(25)21(27)23-11-7-17(8-12-23)14-24-10-4-9-22-24/h2-6,9-10,17,20H,7-8,11-15H2,1H3. The molecular formula is C21H26N4O2. The second-order valence-corrected chi connectivity index (χ2v) is 7.63. The van der Waals surface area contributed by atoms with Crippen LogP contribution >= 0.6 is 0 Å². The van der Waals surface area contributed by atoms with E-state index in [9.17, 15) is 9.59 Å². The normalized spacial score (nSPS) is 20.4. The molecule has 1 unspecified atom stereocenters. The van der Waals surface area contributed by atoms with Gasteiger partial charge < -0.3 is 9.80 Å². The number of rotatable bonds is 3. The van der Waals surface area contributed by atoms with Gasteiger partial charge in [-0.15, -0.1) is 0 Å². The molecule has 6 nitrogen and oxygen atoms in total. The fourth-order valence-corrected chi connectivity index (χ4v) is 4.29. The summed E-state index contributed by atoms with van der Waals surface area (Å²) < 4.78 is 1.97. The summed E-state index contributed by atoms with van der Waals surface area (Å²) in [6.07, 6.45) is 6.36. The summed E-state index contributed by atoms with van der Waals surface area (Å²) in [4.78, 5) is 29.1. The van der Waals surface area contributed by atoms with E-state index in [1.165, 1.54) is 5.56 Å². The number of piperidine rings is 1. The zero-order valence-electron chi connectivity index (χ0n) is 15.8. The summed E-state index contributed by atoms with van der Waals surface area (Å²) in [7, 11) is 0. The van der Waals surface area contributed by atoms with E-state index >= 15 is 0 Å². The predicted octanol–water partition coefficient (Wildman–Crippen LogP) is 2.10. The second kappa shape index (κ2) is 7.55. The van der Waals surface area contributed by atoms with Gasteiger partial charge in [-0.1, -0.05) is 24.3 Å². The summed E-state index contributed by atoms with van der Waals surface area (Å²) in [5.74, 6) is 0.610. The Morgan fingerprint density at radius 1 is 1.11 bits per heavy atom. The highest BCUT2D eigenvalue weighted by Gasteiger charge is 2.36. The van der Waals surface area contributed by atoms with E-state index in [1.54, 1.807) is 18.0 Å². The zero-order chi connectivity index (χ0) is 18.8. The van der Waals surface area contributed by atoms with Gasteiger partial charge in [0.2, 0.25) is 11.8 Å². The molecule has 27 heavy (non-hydrogen) atoms. The lowest BCUT2D eigenvalue weighted by atomic mass is 9.91. The summed E-state index contributed by atoms with van der Waals surface area (Å²) in [6.45, 7) is 4.51. The molecule has 1 aromatic carbocycles. The molecule has 6 heteroatoms. The molecule has 3 heterocycles. The first kappa shape index (κ1) is 17.8. The maximum atomic E-state index is 13.2. The molecule has 1 atom stereocenters. The van der Waals surface area contributed by atoms with Crippen LogP contribution in [0.25, 0.3) is 0 Å². The first-order chi connectivity index (χ1) is 13.1. The van der Waals surface area contributed by atoms with Crippen molar-refractivity contribution in [2.45, 2.75) is 45.3 Å². The first-order valence-electron chi connectivity index (χ1n) is 9.72. The van der Waals surface area contributed by atoms with Crippen LogP contribution in [-0.2, 0) is 29.1 Å². The lowest BCUT2D eigenvalue weighted by Gasteiger charge is -2.40. The summed E-state index contributed by atoms with van der Waals surface area (Å²) in [5.41, 5.74) is 2.33. The van der Waals surface area contributed by atoms with Crippen LogP contribution in [0.5, 0.6) is 0 Å². The Labute approximate surface area is 159 Å². The number of amides is 2. The molecular weight excluding hydrogens is 340 g/mol. The van der Waals surface area contributed by atoms with Gasteiger partial charge in [0.25, 0.3) is 0 Å². The molecule has 2 aliphatic rings. The van der Waals surface area contributed by atoms with E-state index in [0.29, 0.717) is 18.9 Å². The van der Waals surface area contributed by atoms with Crippen molar-refractivity contribution >= 4 is 11.8 Å². The minimum Gasteiger partial charge on any atom is -0.341 e. The third-order valence-corrected chi connectivity index (χ3v) is 5.87. The van der Waals surface area contributed by atoms with Crippen molar-refractivity contribution in [1.29, 1.82) is 0 Å². The van der Waals surface area contributed by atoms with Crippen molar-refractivity contribution in [3.63, 3.8) is 0 Å². The van der Waals surface area contributed by atoms with Crippen molar-refractivity contribution in [2.75, 3.05) is 13.1 Å². The Morgan fingerprint density at radius 3 is 2.52 bits per heavy atom. The van der Waals surface area contributed by atoms with E-state index in [4.69, 9.17) is 0 Å². The highest BCUT2D eigenvalue weighted by Crippen LogP contribution is 2.26. The van der Waals surface area contributed by atoms with E-state index < -0.39 is 0 Å². The van der Waals surface area contributed by atoms with Crippen molar-refractivity contribution in [3.8, 4) is 0 Å². The number of nitrogens with zero attached hydrogens (tertiary/aromatic N) is 4. The van der Waals surface area contributed by atoms with Crippen LogP contribution in [0.2, 0.25) is 0 Å². The molecule has 0 spiro atoms. The highest BCUT2D eigenvalue weighted by molar-refractivity contribution is 5.88. The lowest BCUT2D eigenvalue weighted by Crippen LogP contribution is -2.54. The maximum Gasteiger partial charge on any atom is 0.245 e. The molecule has 0 aliphatic carbocycles. The number of aromatic nitrogens is 2. The summed E-state index contributed by atoms with van der Waals surface area (Å²) in [6, 6.07) is 9.68. The average Bonchev–Trinajstić information content (AvgIpc) is 3.20. The topological polar surface area (TPSA) is 58.4 Å². The van der Waals surface area contributed by atoms with Crippen LogP contribution in [0, 0.1) is 5.92 Å². The Bertz CT molecular complexity index is 809. The molecule has 2 amide bonds. The molecule has 0 saturated carbocycles. The van der Waals surface area contributed by atoms with Crippen LogP contribution in [0.3, 0.4) is 0 Å². The van der Waals surface area contributed by atoms with Gasteiger partial charge in [-0.25, -0.2) is 0 Å². The van der Waals surface area contributed by atoms with Crippen LogP contribution in [-0.4, -0.2) is 50.5 Å². The maximum absolute atomic E-state index is 13.2.